The van der Waals surface area contributed by atoms with E-state index in [0.29, 0.717) is 37.9 Å². The molecule has 0 radical (unpaired) electrons. The number of esters is 1. The molecule has 2 atom stereocenters. The molecular weight excluding hydrogens is 368 g/mol. The van der Waals surface area contributed by atoms with Crippen molar-refractivity contribution in [1.29, 1.82) is 0 Å². The minimum Gasteiger partial charge on any atom is -0.459 e. The Morgan fingerprint density at radius 2 is 1.93 bits per heavy atom. The van der Waals surface area contributed by atoms with E-state index in [1.165, 1.54) is 0 Å². The molecular formula is C23H22N2O4. The van der Waals surface area contributed by atoms with E-state index >= 15 is 0 Å². The molecule has 6 nitrogen and oxygen atoms in total. The highest BCUT2D eigenvalue weighted by Gasteiger charge is 2.48. The van der Waals surface area contributed by atoms with Gasteiger partial charge in [0.25, 0.3) is 0 Å². The zero-order valence-corrected chi connectivity index (χ0v) is 16.0. The molecule has 0 saturated carbocycles. The zero-order valence-electron chi connectivity index (χ0n) is 16.0. The van der Waals surface area contributed by atoms with Gasteiger partial charge in [-0.1, -0.05) is 54.6 Å². The van der Waals surface area contributed by atoms with Gasteiger partial charge in [0, 0.05) is 25.8 Å². The van der Waals surface area contributed by atoms with Crippen molar-refractivity contribution in [3.63, 3.8) is 0 Å². The van der Waals surface area contributed by atoms with E-state index in [4.69, 9.17) is 16.0 Å². The van der Waals surface area contributed by atoms with Crippen molar-refractivity contribution in [2.45, 2.75) is 43.9 Å². The van der Waals surface area contributed by atoms with E-state index in [0.717, 1.165) is 11.1 Å². The van der Waals surface area contributed by atoms with Crippen molar-refractivity contribution in [2.75, 3.05) is 6.54 Å². The molecule has 2 aromatic rings. The molecule has 2 aliphatic heterocycles. The van der Waals surface area contributed by atoms with Crippen LogP contribution in [0.25, 0.3) is 4.85 Å². The highest BCUT2D eigenvalue weighted by Crippen LogP contribution is 2.44. The summed E-state index contributed by atoms with van der Waals surface area (Å²) in [6.45, 7) is 7.80. The Bertz CT molecular complexity index is 936. The molecule has 0 aliphatic carbocycles. The van der Waals surface area contributed by atoms with Gasteiger partial charge in [-0.05, 0) is 17.5 Å². The van der Waals surface area contributed by atoms with Gasteiger partial charge >= 0.3 is 12.1 Å². The number of ether oxygens (including phenoxy) is 2. The summed E-state index contributed by atoms with van der Waals surface area (Å²) in [5.74, 6) is -0.174. The first-order valence-electron chi connectivity index (χ1n) is 9.75. The number of nitrogens with zero attached hydrogens (tertiary/aromatic N) is 2. The van der Waals surface area contributed by atoms with Gasteiger partial charge in [0.2, 0.25) is 0 Å². The molecule has 6 heteroatoms. The monoisotopic (exact) mass is 390 g/mol. The molecule has 2 heterocycles. The number of carbonyl (C=O) groups is 2. The Labute approximate surface area is 169 Å². The summed E-state index contributed by atoms with van der Waals surface area (Å²) in [4.78, 5) is 29.8. The standard InChI is InChI=1S/C23H22N2O4/c1-24-19-9-7-18(8-10-19)20-15-23(12-11-21(26)29-23)13-14-25(20)22(27)28-16-17-5-3-2-4-6-17/h2-10,20H,11-16H2. The minimum atomic E-state index is -0.517. The van der Waals surface area contributed by atoms with Gasteiger partial charge in [-0.2, -0.15) is 0 Å². The van der Waals surface area contributed by atoms with Gasteiger partial charge in [0.1, 0.15) is 12.2 Å². The summed E-state index contributed by atoms with van der Waals surface area (Å²) >= 11 is 0. The number of hydrogen-bond acceptors (Lipinski definition) is 4. The Morgan fingerprint density at radius 3 is 2.59 bits per heavy atom. The molecule has 2 saturated heterocycles. The van der Waals surface area contributed by atoms with Gasteiger partial charge in [-0.3, -0.25) is 4.79 Å². The summed E-state index contributed by atoms with van der Waals surface area (Å²) in [6.07, 6.45) is 1.86. The van der Waals surface area contributed by atoms with E-state index in [1.807, 2.05) is 42.5 Å². The van der Waals surface area contributed by atoms with E-state index in [-0.39, 0.29) is 24.7 Å². The van der Waals surface area contributed by atoms with E-state index in [9.17, 15) is 9.59 Å². The van der Waals surface area contributed by atoms with Crippen LogP contribution in [0.2, 0.25) is 0 Å². The van der Waals surface area contributed by atoms with Crippen molar-refractivity contribution < 1.29 is 19.1 Å². The third-order valence-corrected chi connectivity index (χ3v) is 5.71. The summed E-state index contributed by atoms with van der Waals surface area (Å²) in [5, 5.41) is 0. The van der Waals surface area contributed by atoms with E-state index < -0.39 is 5.60 Å². The van der Waals surface area contributed by atoms with Crippen LogP contribution in [0.3, 0.4) is 0 Å². The molecule has 148 valence electrons. The van der Waals surface area contributed by atoms with Crippen LogP contribution >= 0.6 is 0 Å². The molecule has 0 N–H and O–H groups in total. The fourth-order valence-electron chi connectivity index (χ4n) is 4.13. The van der Waals surface area contributed by atoms with Crippen LogP contribution < -0.4 is 0 Å². The largest absolute Gasteiger partial charge is 0.459 e. The first-order chi connectivity index (χ1) is 14.1. The Kier molecular flexibility index (Phi) is 5.22. The first-order valence-corrected chi connectivity index (χ1v) is 9.75. The number of carbonyl (C=O) groups excluding carboxylic acids is 2. The molecule has 2 aliphatic rings. The predicted molar refractivity (Wildman–Crippen MR) is 106 cm³/mol. The maximum Gasteiger partial charge on any atom is 0.410 e. The van der Waals surface area contributed by atoms with Gasteiger partial charge in [-0.25, -0.2) is 9.64 Å². The molecule has 0 bridgehead atoms. The number of amides is 1. The van der Waals surface area contributed by atoms with Gasteiger partial charge < -0.3 is 14.4 Å². The van der Waals surface area contributed by atoms with Crippen LogP contribution in [-0.4, -0.2) is 29.1 Å². The quantitative estimate of drug-likeness (QED) is 0.559. The molecule has 2 aromatic carbocycles. The topological polar surface area (TPSA) is 60.2 Å². The number of likely N-dealkylation sites (tertiary alicyclic amines) is 1. The highest BCUT2D eigenvalue weighted by molar-refractivity contribution is 5.73. The minimum absolute atomic E-state index is 0.174. The highest BCUT2D eigenvalue weighted by atomic mass is 16.6. The summed E-state index contributed by atoms with van der Waals surface area (Å²) in [6, 6.07) is 16.5. The van der Waals surface area contributed by atoms with Crippen molar-refractivity contribution in [3.05, 3.63) is 77.1 Å². The smallest absolute Gasteiger partial charge is 0.410 e. The van der Waals surface area contributed by atoms with Gasteiger partial charge in [0.15, 0.2) is 5.69 Å². The summed E-state index contributed by atoms with van der Waals surface area (Å²) in [5.41, 5.74) is 1.87. The third-order valence-electron chi connectivity index (χ3n) is 5.71. The maximum atomic E-state index is 12.9. The molecule has 1 spiro atoms. The first kappa shape index (κ1) is 19.0. The fourth-order valence-corrected chi connectivity index (χ4v) is 4.13. The Hall–Kier alpha value is -3.33. The van der Waals surface area contributed by atoms with Crippen molar-refractivity contribution in [3.8, 4) is 0 Å². The second-order valence-electron chi connectivity index (χ2n) is 7.56. The molecule has 2 fully saturated rings. The average molecular weight is 390 g/mol. The molecule has 0 aromatic heterocycles. The second kappa shape index (κ2) is 7.96. The van der Waals surface area contributed by atoms with Crippen LogP contribution in [0.15, 0.2) is 54.6 Å². The average Bonchev–Trinajstić information content (AvgIpc) is 3.12. The summed E-state index contributed by atoms with van der Waals surface area (Å²) < 4.78 is 11.2. The summed E-state index contributed by atoms with van der Waals surface area (Å²) in [7, 11) is 0. The number of rotatable bonds is 3. The lowest BCUT2D eigenvalue weighted by Crippen LogP contribution is -2.48. The second-order valence-corrected chi connectivity index (χ2v) is 7.56. The van der Waals surface area contributed by atoms with Crippen LogP contribution in [0.5, 0.6) is 0 Å². The van der Waals surface area contributed by atoms with Crippen molar-refractivity contribution in [2.24, 2.45) is 0 Å². The Morgan fingerprint density at radius 1 is 1.17 bits per heavy atom. The lowest BCUT2D eigenvalue weighted by Gasteiger charge is -2.43. The van der Waals surface area contributed by atoms with Crippen molar-refractivity contribution >= 4 is 17.7 Å². The molecule has 4 rings (SSSR count). The number of hydrogen-bond donors (Lipinski definition) is 0. The molecule has 1 amide bonds. The third kappa shape index (κ3) is 4.09. The van der Waals surface area contributed by atoms with Crippen molar-refractivity contribution in [1.82, 2.24) is 4.90 Å². The fraction of sp³-hybridized carbons (Fsp3) is 0.348. The number of benzene rings is 2. The SMILES string of the molecule is [C-]#[N+]c1ccc(C2CC3(CCC(=O)O3)CCN2C(=O)OCc2ccccc2)cc1. The predicted octanol–water partition coefficient (Wildman–Crippen LogP) is 4.79. The van der Waals surface area contributed by atoms with Crippen LogP contribution in [0.1, 0.15) is 42.9 Å². The van der Waals surface area contributed by atoms with Gasteiger partial charge in [-0.15, -0.1) is 0 Å². The maximum absolute atomic E-state index is 12.9. The normalized spacial score (nSPS) is 23.5. The van der Waals surface area contributed by atoms with Crippen LogP contribution in [-0.2, 0) is 20.9 Å². The van der Waals surface area contributed by atoms with E-state index in [1.54, 1.807) is 17.0 Å². The van der Waals surface area contributed by atoms with Gasteiger partial charge in [0.05, 0.1) is 12.6 Å². The van der Waals surface area contributed by atoms with Crippen LogP contribution in [0, 0.1) is 6.57 Å². The Balaban J connectivity index is 1.54. The lowest BCUT2D eigenvalue weighted by molar-refractivity contribution is -0.153. The number of piperidine rings is 1. The molecule has 2 unspecified atom stereocenters. The molecule has 29 heavy (non-hydrogen) atoms. The van der Waals surface area contributed by atoms with E-state index in [2.05, 4.69) is 4.85 Å². The zero-order chi connectivity index (χ0) is 20.3. The lowest BCUT2D eigenvalue weighted by atomic mass is 9.82. The van der Waals surface area contributed by atoms with Crippen LogP contribution in [0.4, 0.5) is 10.5 Å².